The number of nitrogens with zero attached hydrogens (tertiary/aromatic N) is 2. The largest absolute Gasteiger partial charge is 0.328 e. The lowest BCUT2D eigenvalue weighted by molar-refractivity contribution is -0.696. The number of anilines is 2. The van der Waals surface area contributed by atoms with Crippen LogP contribution >= 0.6 is 12.2 Å². The Morgan fingerprint density at radius 2 is 1.06 bits per heavy atom. The molecule has 0 atom stereocenters. The molecular weight excluding hydrogens is 412 g/mol. The van der Waals surface area contributed by atoms with E-state index in [1.807, 2.05) is 0 Å². The molecule has 4 nitrogen and oxygen atoms in total. The number of hydrogen-bond acceptors (Lipinski definition) is 1. The lowest BCUT2D eigenvalue weighted by Crippen LogP contribution is -2.34. The van der Waals surface area contributed by atoms with Crippen molar-refractivity contribution in [3.05, 3.63) is 49.1 Å². The summed E-state index contributed by atoms with van der Waals surface area (Å²) in [6, 6.07) is 8.29. The summed E-state index contributed by atoms with van der Waals surface area (Å²) < 4.78 is 4.50. The summed E-state index contributed by atoms with van der Waals surface area (Å²) in [6.07, 6.45) is 24.3. The molecule has 32 heavy (non-hydrogen) atoms. The molecule has 0 aliphatic carbocycles. The Morgan fingerprint density at radius 3 is 1.50 bits per heavy atom. The van der Waals surface area contributed by atoms with E-state index in [9.17, 15) is 0 Å². The van der Waals surface area contributed by atoms with E-state index in [2.05, 4.69) is 82.7 Å². The first-order valence-electron chi connectivity index (χ1n) is 12.8. The van der Waals surface area contributed by atoms with Gasteiger partial charge in [0.05, 0.1) is 0 Å². The van der Waals surface area contributed by atoms with Crippen molar-refractivity contribution < 1.29 is 9.13 Å². The SMILES string of the molecule is CCCCCCCC[n+]1cccc(NC(=S)Nc2ccc[n+](CCCCCCCC)c2)c1. The van der Waals surface area contributed by atoms with Crippen LogP contribution in [0.4, 0.5) is 11.4 Å². The first-order valence-corrected chi connectivity index (χ1v) is 13.2. The van der Waals surface area contributed by atoms with Gasteiger partial charge in [0, 0.05) is 25.0 Å². The fourth-order valence-electron chi connectivity index (χ4n) is 3.91. The van der Waals surface area contributed by atoms with Gasteiger partial charge in [0.2, 0.25) is 0 Å². The van der Waals surface area contributed by atoms with Crippen molar-refractivity contribution >= 4 is 28.7 Å². The number of aryl methyl sites for hydroxylation is 2. The molecule has 5 heteroatoms. The monoisotopic (exact) mass is 456 g/mol. The van der Waals surface area contributed by atoms with E-state index in [-0.39, 0.29) is 0 Å². The third-order valence-corrected chi connectivity index (χ3v) is 5.98. The van der Waals surface area contributed by atoms with Crippen LogP contribution in [0.2, 0.25) is 0 Å². The molecule has 0 spiro atoms. The Hall–Kier alpha value is -2.01. The zero-order valence-corrected chi connectivity index (χ0v) is 21.1. The van der Waals surface area contributed by atoms with Crippen LogP contribution < -0.4 is 19.8 Å². The number of unbranched alkanes of at least 4 members (excludes halogenated alkanes) is 10. The highest BCUT2D eigenvalue weighted by atomic mass is 32.1. The van der Waals surface area contributed by atoms with E-state index in [1.54, 1.807) is 0 Å². The minimum absolute atomic E-state index is 0.625. The van der Waals surface area contributed by atoms with Gasteiger partial charge in [-0.15, -0.1) is 0 Å². The maximum atomic E-state index is 5.56. The van der Waals surface area contributed by atoms with Crippen molar-refractivity contribution in [1.29, 1.82) is 0 Å². The van der Waals surface area contributed by atoms with Crippen molar-refractivity contribution in [2.75, 3.05) is 10.6 Å². The van der Waals surface area contributed by atoms with Crippen LogP contribution in [-0.2, 0) is 13.1 Å². The highest BCUT2D eigenvalue weighted by Gasteiger charge is 2.07. The Kier molecular flexibility index (Phi) is 13.6. The molecule has 176 valence electrons. The molecule has 0 saturated heterocycles. The van der Waals surface area contributed by atoms with Gasteiger partial charge < -0.3 is 10.6 Å². The van der Waals surface area contributed by atoms with E-state index in [4.69, 9.17) is 12.2 Å². The Labute approximate surface area is 201 Å². The molecule has 2 aromatic rings. The molecule has 2 aromatic heterocycles. The maximum absolute atomic E-state index is 5.56. The minimum atomic E-state index is 0.625. The molecule has 0 fully saturated rings. The van der Waals surface area contributed by atoms with Gasteiger partial charge in [0.25, 0.3) is 0 Å². The van der Waals surface area contributed by atoms with Gasteiger partial charge in [0.1, 0.15) is 24.5 Å². The summed E-state index contributed by atoms with van der Waals surface area (Å²) in [5.41, 5.74) is 2.04. The number of rotatable bonds is 16. The van der Waals surface area contributed by atoms with Gasteiger partial charge in [0.15, 0.2) is 29.9 Å². The lowest BCUT2D eigenvalue weighted by atomic mass is 10.1. The second-order valence-corrected chi connectivity index (χ2v) is 9.18. The van der Waals surface area contributed by atoms with Crippen LogP contribution in [0.15, 0.2) is 49.1 Å². The third kappa shape index (κ3) is 11.6. The van der Waals surface area contributed by atoms with Gasteiger partial charge >= 0.3 is 0 Å². The molecule has 0 aliphatic rings. The van der Waals surface area contributed by atoms with Crippen molar-refractivity contribution in [3.63, 3.8) is 0 Å². The molecule has 0 aliphatic heterocycles. The molecule has 0 radical (unpaired) electrons. The van der Waals surface area contributed by atoms with Gasteiger partial charge in [-0.1, -0.05) is 65.2 Å². The standard InChI is InChI=1S/C27H43N4S/c1-3-5-7-9-11-13-19-30-21-15-17-25(23-30)28-27(32)29-26-18-16-22-31(24-26)20-14-12-10-8-6-4-2/h15-18,21-24H,3-14,19-20H2,1-2H3,(H-,28,29,32)/q+1/p+1. The maximum Gasteiger partial charge on any atom is 0.192 e. The molecule has 0 amide bonds. The predicted molar refractivity (Wildman–Crippen MR) is 140 cm³/mol. The third-order valence-electron chi connectivity index (χ3n) is 5.77. The van der Waals surface area contributed by atoms with E-state index in [1.165, 1.54) is 77.0 Å². The Balaban J connectivity index is 1.74. The number of nitrogens with one attached hydrogen (secondary N) is 2. The number of aromatic nitrogens is 2. The fraction of sp³-hybridized carbons (Fsp3) is 0.593. The first kappa shape index (κ1) is 26.2. The van der Waals surface area contributed by atoms with Crippen LogP contribution in [0.1, 0.15) is 90.9 Å². The topological polar surface area (TPSA) is 31.8 Å². The summed E-state index contributed by atoms with van der Waals surface area (Å²) >= 11 is 5.56. The van der Waals surface area contributed by atoms with Gasteiger partial charge in [-0.25, -0.2) is 9.13 Å². The predicted octanol–water partition coefficient (Wildman–Crippen LogP) is 6.79. The van der Waals surface area contributed by atoms with Crippen LogP contribution in [-0.4, -0.2) is 5.11 Å². The normalized spacial score (nSPS) is 10.8. The molecule has 0 aromatic carbocycles. The molecule has 2 N–H and O–H groups in total. The highest BCUT2D eigenvalue weighted by molar-refractivity contribution is 7.80. The molecular formula is C27H44N4S+2. The van der Waals surface area contributed by atoms with E-state index in [0.717, 1.165) is 24.5 Å². The summed E-state index contributed by atoms with van der Waals surface area (Å²) in [4.78, 5) is 0. The van der Waals surface area contributed by atoms with Crippen molar-refractivity contribution in [2.24, 2.45) is 0 Å². The van der Waals surface area contributed by atoms with Gasteiger partial charge in [-0.2, -0.15) is 0 Å². The Morgan fingerprint density at radius 1 is 0.656 bits per heavy atom. The minimum Gasteiger partial charge on any atom is -0.328 e. The number of thiocarbonyl (C=S) groups is 1. The second-order valence-electron chi connectivity index (χ2n) is 8.78. The number of hydrogen-bond donors (Lipinski definition) is 2. The van der Waals surface area contributed by atoms with Crippen molar-refractivity contribution in [3.8, 4) is 0 Å². The van der Waals surface area contributed by atoms with Crippen LogP contribution in [0, 0.1) is 0 Å². The van der Waals surface area contributed by atoms with E-state index >= 15 is 0 Å². The zero-order chi connectivity index (χ0) is 22.9. The summed E-state index contributed by atoms with van der Waals surface area (Å²) in [5.74, 6) is 0. The van der Waals surface area contributed by atoms with E-state index in [0.29, 0.717) is 5.11 Å². The number of pyridine rings is 2. The van der Waals surface area contributed by atoms with Crippen LogP contribution in [0.25, 0.3) is 0 Å². The molecule has 2 rings (SSSR count). The fourth-order valence-corrected chi connectivity index (χ4v) is 4.15. The average Bonchev–Trinajstić information content (AvgIpc) is 2.79. The molecule has 0 unspecified atom stereocenters. The molecule has 2 heterocycles. The summed E-state index contributed by atoms with van der Waals surface area (Å²) in [6.45, 7) is 6.64. The van der Waals surface area contributed by atoms with Crippen LogP contribution in [0.3, 0.4) is 0 Å². The van der Waals surface area contributed by atoms with Crippen molar-refractivity contribution in [2.45, 2.75) is 104 Å². The van der Waals surface area contributed by atoms with Crippen molar-refractivity contribution in [1.82, 2.24) is 0 Å². The zero-order valence-electron chi connectivity index (χ0n) is 20.3. The van der Waals surface area contributed by atoms with Crippen LogP contribution in [0.5, 0.6) is 0 Å². The summed E-state index contributed by atoms with van der Waals surface area (Å²) in [5, 5.41) is 7.29. The smallest absolute Gasteiger partial charge is 0.192 e. The average molecular weight is 457 g/mol. The first-order chi connectivity index (χ1) is 15.7. The Bertz CT molecular complexity index is 714. The van der Waals surface area contributed by atoms with Gasteiger partial charge in [-0.3, -0.25) is 0 Å². The van der Waals surface area contributed by atoms with Gasteiger partial charge in [-0.05, 0) is 37.2 Å². The molecule has 0 saturated carbocycles. The second kappa shape index (κ2) is 16.6. The lowest BCUT2D eigenvalue weighted by Gasteiger charge is -2.09. The quantitative estimate of drug-likeness (QED) is 0.166. The van der Waals surface area contributed by atoms with E-state index < -0.39 is 0 Å². The molecule has 0 bridgehead atoms. The summed E-state index contributed by atoms with van der Waals surface area (Å²) in [7, 11) is 0. The highest BCUT2D eigenvalue weighted by Crippen LogP contribution is 2.09.